The number of likely N-dealkylation sites (N-methyl/N-ethyl adjacent to an activating group) is 1. The van der Waals surface area contributed by atoms with Crippen molar-refractivity contribution in [1.82, 2.24) is 10.2 Å². The zero-order valence-corrected chi connectivity index (χ0v) is 14.9. The first-order chi connectivity index (χ1) is 11.1. The second-order valence-corrected chi connectivity index (χ2v) is 6.38. The fourth-order valence-electron chi connectivity index (χ4n) is 2.28. The SMILES string of the molecule is Cc1ccccc1COc1ccc(Cl)cc1CNCCN(C)C. The Balaban J connectivity index is 1.99. The van der Waals surface area contributed by atoms with Crippen molar-refractivity contribution in [3.05, 3.63) is 64.2 Å². The zero-order chi connectivity index (χ0) is 16.7. The molecular weight excluding hydrogens is 308 g/mol. The molecule has 3 nitrogen and oxygen atoms in total. The Morgan fingerprint density at radius 2 is 1.87 bits per heavy atom. The van der Waals surface area contributed by atoms with Gasteiger partial charge in [-0.05, 0) is 50.3 Å². The highest BCUT2D eigenvalue weighted by atomic mass is 35.5. The average molecular weight is 333 g/mol. The Hall–Kier alpha value is -1.55. The minimum Gasteiger partial charge on any atom is -0.489 e. The molecule has 0 aliphatic carbocycles. The van der Waals surface area contributed by atoms with Gasteiger partial charge in [0.25, 0.3) is 0 Å². The van der Waals surface area contributed by atoms with Crippen molar-refractivity contribution in [1.29, 1.82) is 0 Å². The first-order valence-electron chi connectivity index (χ1n) is 7.87. The summed E-state index contributed by atoms with van der Waals surface area (Å²) in [5, 5.41) is 4.16. The van der Waals surface area contributed by atoms with Gasteiger partial charge in [0.2, 0.25) is 0 Å². The molecule has 0 saturated carbocycles. The highest BCUT2D eigenvalue weighted by Crippen LogP contribution is 2.24. The summed E-state index contributed by atoms with van der Waals surface area (Å²) in [6, 6.07) is 14.1. The fraction of sp³-hybridized carbons (Fsp3) is 0.368. The fourth-order valence-corrected chi connectivity index (χ4v) is 2.47. The number of ether oxygens (including phenoxy) is 1. The van der Waals surface area contributed by atoms with Gasteiger partial charge in [0.05, 0.1) is 0 Å². The molecule has 124 valence electrons. The van der Waals surface area contributed by atoms with Gasteiger partial charge >= 0.3 is 0 Å². The van der Waals surface area contributed by atoms with Crippen LogP contribution in [0.25, 0.3) is 0 Å². The number of nitrogens with one attached hydrogen (secondary N) is 1. The van der Waals surface area contributed by atoms with Gasteiger partial charge in [-0.2, -0.15) is 0 Å². The average Bonchev–Trinajstić information content (AvgIpc) is 2.52. The summed E-state index contributed by atoms with van der Waals surface area (Å²) in [5.41, 5.74) is 3.53. The number of rotatable bonds is 8. The molecule has 0 radical (unpaired) electrons. The molecule has 2 aromatic carbocycles. The number of halogens is 1. The number of benzene rings is 2. The summed E-state index contributed by atoms with van der Waals surface area (Å²) in [6.07, 6.45) is 0. The van der Waals surface area contributed by atoms with Gasteiger partial charge in [0, 0.05) is 30.2 Å². The van der Waals surface area contributed by atoms with E-state index in [2.05, 4.69) is 43.4 Å². The third-order valence-electron chi connectivity index (χ3n) is 3.72. The largest absolute Gasteiger partial charge is 0.489 e. The Labute approximate surface area is 144 Å². The van der Waals surface area contributed by atoms with Crippen molar-refractivity contribution in [3.8, 4) is 5.75 Å². The van der Waals surface area contributed by atoms with Crippen LogP contribution in [0.4, 0.5) is 0 Å². The Kier molecular flexibility index (Phi) is 6.90. The second-order valence-electron chi connectivity index (χ2n) is 5.95. The van der Waals surface area contributed by atoms with E-state index in [0.717, 1.165) is 36.0 Å². The minimum atomic E-state index is 0.568. The van der Waals surface area contributed by atoms with E-state index in [0.29, 0.717) is 6.61 Å². The summed E-state index contributed by atoms with van der Waals surface area (Å²) in [6.45, 7) is 5.34. The van der Waals surface area contributed by atoms with Crippen molar-refractivity contribution >= 4 is 11.6 Å². The molecule has 0 unspecified atom stereocenters. The maximum atomic E-state index is 6.13. The first-order valence-corrected chi connectivity index (χ1v) is 8.25. The van der Waals surface area contributed by atoms with E-state index in [1.165, 1.54) is 11.1 Å². The number of aryl methyl sites for hydroxylation is 1. The van der Waals surface area contributed by atoms with Gasteiger partial charge < -0.3 is 15.0 Å². The molecule has 0 aliphatic rings. The normalized spacial score (nSPS) is 11.0. The van der Waals surface area contributed by atoms with Crippen LogP contribution in [0.3, 0.4) is 0 Å². The summed E-state index contributed by atoms with van der Waals surface area (Å²) in [7, 11) is 4.13. The summed E-state index contributed by atoms with van der Waals surface area (Å²) >= 11 is 6.13. The Morgan fingerprint density at radius 1 is 1.09 bits per heavy atom. The third-order valence-corrected chi connectivity index (χ3v) is 3.95. The molecule has 0 aliphatic heterocycles. The van der Waals surface area contributed by atoms with Crippen LogP contribution in [-0.4, -0.2) is 32.1 Å². The summed E-state index contributed by atoms with van der Waals surface area (Å²) in [4.78, 5) is 2.15. The van der Waals surface area contributed by atoms with E-state index >= 15 is 0 Å². The highest BCUT2D eigenvalue weighted by Gasteiger charge is 2.06. The minimum absolute atomic E-state index is 0.568. The lowest BCUT2D eigenvalue weighted by Gasteiger charge is -2.15. The number of nitrogens with zero attached hydrogens (tertiary/aromatic N) is 1. The van der Waals surface area contributed by atoms with Gasteiger partial charge in [-0.3, -0.25) is 0 Å². The molecule has 0 amide bonds. The van der Waals surface area contributed by atoms with Gasteiger partial charge in [0.15, 0.2) is 0 Å². The van der Waals surface area contributed by atoms with Gasteiger partial charge in [-0.1, -0.05) is 35.9 Å². The standard InChI is InChI=1S/C19H25ClN2O/c1-15-6-4-5-7-16(15)14-23-19-9-8-18(20)12-17(19)13-21-10-11-22(2)3/h4-9,12,21H,10-11,13-14H2,1-3H3. The Bertz CT molecular complexity index is 629. The maximum Gasteiger partial charge on any atom is 0.124 e. The molecule has 0 heterocycles. The van der Waals surface area contributed by atoms with Gasteiger partial charge in [-0.25, -0.2) is 0 Å². The van der Waals surface area contributed by atoms with Crippen LogP contribution in [0.15, 0.2) is 42.5 Å². The van der Waals surface area contributed by atoms with E-state index in [1.807, 2.05) is 30.3 Å². The molecule has 0 saturated heterocycles. The Morgan fingerprint density at radius 3 is 2.61 bits per heavy atom. The van der Waals surface area contributed by atoms with Crippen LogP contribution in [-0.2, 0) is 13.2 Å². The molecule has 1 N–H and O–H groups in total. The van der Waals surface area contributed by atoms with Crippen LogP contribution in [0.5, 0.6) is 5.75 Å². The van der Waals surface area contributed by atoms with Crippen LogP contribution in [0.1, 0.15) is 16.7 Å². The summed E-state index contributed by atoms with van der Waals surface area (Å²) < 4.78 is 6.03. The lowest BCUT2D eigenvalue weighted by Crippen LogP contribution is -2.26. The molecule has 0 atom stereocenters. The molecule has 0 bridgehead atoms. The smallest absolute Gasteiger partial charge is 0.124 e. The summed E-state index contributed by atoms with van der Waals surface area (Å²) in [5.74, 6) is 0.884. The molecule has 4 heteroatoms. The monoisotopic (exact) mass is 332 g/mol. The lowest BCUT2D eigenvalue weighted by molar-refractivity contribution is 0.301. The van der Waals surface area contributed by atoms with Crippen molar-refractivity contribution in [2.75, 3.05) is 27.2 Å². The van der Waals surface area contributed by atoms with Crippen LogP contribution in [0, 0.1) is 6.92 Å². The molecule has 0 aromatic heterocycles. The van der Waals surface area contributed by atoms with Gasteiger partial charge in [-0.15, -0.1) is 0 Å². The van der Waals surface area contributed by atoms with E-state index in [1.54, 1.807) is 0 Å². The van der Waals surface area contributed by atoms with Crippen molar-refractivity contribution in [3.63, 3.8) is 0 Å². The number of hydrogen-bond acceptors (Lipinski definition) is 3. The predicted molar refractivity (Wildman–Crippen MR) is 97.2 cm³/mol. The maximum absolute atomic E-state index is 6.13. The van der Waals surface area contributed by atoms with E-state index in [-0.39, 0.29) is 0 Å². The van der Waals surface area contributed by atoms with E-state index in [9.17, 15) is 0 Å². The van der Waals surface area contributed by atoms with E-state index < -0.39 is 0 Å². The van der Waals surface area contributed by atoms with Crippen molar-refractivity contribution < 1.29 is 4.74 Å². The second kappa shape index (κ2) is 8.92. The van der Waals surface area contributed by atoms with Crippen LogP contribution in [0.2, 0.25) is 5.02 Å². The quantitative estimate of drug-likeness (QED) is 0.742. The molecule has 0 fully saturated rings. The molecular formula is C19H25ClN2O. The first kappa shape index (κ1) is 17.8. The third kappa shape index (κ3) is 5.87. The molecule has 23 heavy (non-hydrogen) atoms. The van der Waals surface area contributed by atoms with Crippen molar-refractivity contribution in [2.45, 2.75) is 20.1 Å². The van der Waals surface area contributed by atoms with Crippen LogP contribution < -0.4 is 10.1 Å². The molecule has 2 aromatic rings. The zero-order valence-electron chi connectivity index (χ0n) is 14.1. The highest BCUT2D eigenvalue weighted by molar-refractivity contribution is 6.30. The molecule has 2 rings (SSSR count). The predicted octanol–water partition coefficient (Wildman–Crippen LogP) is 3.88. The topological polar surface area (TPSA) is 24.5 Å². The lowest BCUT2D eigenvalue weighted by atomic mass is 10.1. The van der Waals surface area contributed by atoms with Crippen molar-refractivity contribution in [2.24, 2.45) is 0 Å². The van der Waals surface area contributed by atoms with E-state index in [4.69, 9.17) is 16.3 Å². The van der Waals surface area contributed by atoms with Gasteiger partial charge in [0.1, 0.15) is 12.4 Å². The molecule has 0 spiro atoms. The number of hydrogen-bond donors (Lipinski definition) is 1. The van der Waals surface area contributed by atoms with Crippen LogP contribution >= 0.6 is 11.6 Å².